The predicted molar refractivity (Wildman–Crippen MR) is 140 cm³/mol. The number of carbonyl (C=O) groups is 1. The number of nitrogens with one attached hydrogen (secondary N) is 4. The number of likely N-dealkylation sites (N-methyl/N-ethyl adjacent to an activating group) is 1. The number of nitrogens with zero attached hydrogens (tertiary/aromatic N) is 3. The molecule has 0 aliphatic rings. The molecule has 0 atom stereocenters. The van der Waals surface area contributed by atoms with Crippen molar-refractivity contribution in [3.63, 3.8) is 0 Å². The minimum Gasteiger partial charge on any atom is -0.384 e. The highest BCUT2D eigenvalue weighted by atomic mass is 16.1. The van der Waals surface area contributed by atoms with Crippen LogP contribution in [0.15, 0.2) is 60.9 Å². The van der Waals surface area contributed by atoms with E-state index in [4.69, 9.17) is 11.1 Å². The van der Waals surface area contributed by atoms with Crippen LogP contribution in [0, 0.1) is 5.41 Å². The number of amides is 1. The van der Waals surface area contributed by atoms with Crippen molar-refractivity contribution >= 4 is 28.6 Å². The number of amidine groups is 1. The summed E-state index contributed by atoms with van der Waals surface area (Å²) in [6, 6.07) is 15.2. The van der Waals surface area contributed by atoms with Crippen LogP contribution in [0.1, 0.15) is 21.5 Å². The molecule has 9 nitrogen and oxygen atoms in total. The molecule has 35 heavy (non-hydrogen) atoms. The molecular weight excluding hydrogens is 440 g/mol. The van der Waals surface area contributed by atoms with Gasteiger partial charge in [0.15, 0.2) is 0 Å². The number of hydrogen-bond acceptors (Lipinski definition) is 6. The van der Waals surface area contributed by atoms with Crippen molar-refractivity contribution in [2.45, 2.75) is 6.42 Å². The van der Waals surface area contributed by atoms with Gasteiger partial charge < -0.3 is 26.3 Å². The topological polar surface area (TPSA) is 136 Å². The van der Waals surface area contributed by atoms with Gasteiger partial charge in [-0.15, -0.1) is 0 Å². The van der Waals surface area contributed by atoms with E-state index in [-0.39, 0.29) is 11.7 Å². The van der Waals surface area contributed by atoms with Gasteiger partial charge in [-0.25, -0.2) is 9.97 Å². The average Bonchev–Trinajstić information content (AvgIpc) is 3.28. The molecule has 0 unspecified atom stereocenters. The van der Waals surface area contributed by atoms with Crippen LogP contribution in [-0.4, -0.2) is 65.3 Å². The Labute approximate surface area is 204 Å². The normalized spacial score (nSPS) is 11.1. The van der Waals surface area contributed by atoms with Crippen molar-refractivity contribution in [1.82, 2.24) is 25.2 Å². The van der Waals surface area contributed by atoms with Crippen molar-refractivity contribution in [3.8, 4) is 11.3 Å². The number of aromatic amines is 1. The minimum atomic E-state index is -0.127. The van der Waals surface area contributed by atoms with E-state index < -0.39 is 0 Å². The van der Waals surface area contributed by atoms with Crippen molar-refractivity contribution in [3.05, 3.63) is 77.6 Å². The van der Waals surface area contributed by atoms with Crippen molar-refractivity contribution in [2.24, 2.45) is 5.73 Å². The summed E-state index contributed by atoms with van der Waals surface area (Å²) in [7, 11) is 4.04. The standard InChI is InChI=1S/C26H30N8O/c1-34(2)14-13-31-26-30-12-10-22(33-26)18-4-6-19(7-5-18)25(35)29-11-9-17-3-8-23-20(15-17)21(16-32-23)24(27)28/h3-8,10,12,15-16,32H,9,11,13-14H2,1-2H3,(H3,27,28)(H,29,35)(H,30,31,33). The molecule has 180 valence electrons. The Balaban J connectivity index is 1.33. The number of fused-ring (bicyclic) bond motifs is 1. The predicted octanol–water partition coefficient (Wildman–Crippen LogP) is 2.85. The maximum atomic E-state index is 12.6. The number of rotatable bonds is 10. The highest BCUT2D eigenvalue weighted by molar-refractivity contribution is 6.07. The molecule has 1 amide bonds. The van der Waals surface area contributed by atoms with Crippen LogP contribution in [0.4, 0.5) is 5.95 Å². The monoisotopic (exact) mass is 470 g/mol. The Morgan fingerprint density at radius 3 is 2.66 bits per heavy atom. The Hall–Kier alpha value is -4.24. The SMILES string of the molecule is CN(C)CCNc1nccc(-c2ccc(C(=O)NCCc3ccc4[nH]cc(C(=N)N)c4c3)cc2)n1. The first-order valence-electron chi connectivity index (χ1n) is 11.5. The molecule has 6 N–H and O–H groups in total. The van der Waals surface area contributed by atoms with E-state index in [1.807, 2.05) is 50.5 Å². The minimum absolute atomic E-state index is 0.0314. The molecule has 0 saturated carbocycles. The summed E-state index contributed by atoms with van der Waals surface area (Å²) >= 11 is 0. The lowest BCUT2D eigenvalue weighted by Crippen LogP contribution is -2.25. The van der Waals surface area contributed by atoms with Gasteiger partial charge in [0.25, 0.3) is 5.91 Å². The molecule has 0 aliphatic carbocycles. The number of carbonyl (C=O) groups excluding carboxylic acids is 1. The summed E-state index contributed by atoms with van der Waals surface area (Å²) in [5.74, 6) is 0.487. The van der Waals surface area contributed by atoms with Crippen LogP contribution in [-0.2, 0) is 6.42 Å². The molecular formula is C26H30N8O. The van der Waals surface area contributed by atoms with Crippen LogP contribution in [0.5, 0.6) is 0 Å². The van der Waals surface area contributed by atoms with Gasteiger partial charge >= 0.3 is 0 Å². The summed E-state index contributed by atoms with van der Waals surface area (Å²) in [5.41, 5.74) is 10.6. The van der Waals surface area contributed by atoms with Gasteiger partial charge in [-0.1, -0.05) is 18.2 Å². The second-order valence-corrected chi connectivity index (χ2v) is 8.57. The van der Waals surface area contributed by atoms with E-state index in [1.54, 1.807) is 24.5 Å². The van der Waals surface area contributed by atoms with E-state index in [2.05, 4.69) is 30.5 Å². The quantitative estimate of drug-likeness (QED) is 0.179. The zero-order chi connectivity index (χ0) is 24.8. The third-order valence-electron chi connectivity index (χ3n) is 5.68. The Kier molecular flexibility index (Phi) is 7.37. The molecule has 0 aliphatic heterocycles. The molecule has 2 aromatic heterocycles. The number of hydrogen-bond donors (Lipinski definition) is 5. The molecule has 0 fully saturated rings. The van der Waals surface area contributed by atoms with Crippen LogP contribution in [0.2, 0.25) is 0 Å². The fraction of sp³-hybridized carbons (Fsp3) is 0.231. The summed E-state index contributed by atoms with van der Waals surface area (Å²) in [4.78, 5) is 26.7. The zero-order valence-corrected chi connectivity index (χ0v) is 19.9. The fourth-order valence-electron chi connectivity index (χ4n) is 3.76. The molecule has 0 radical (unpaired) electrons. The third kappa shape index (κ3) is 6.01. The lowest BCUT2D eigenvalue weighted by Gasteiger charge is -2.11. The number of benzene rings is 2. The van der Waals surface area contributed by atoms with Crippen molar-refractivity contribution < 1.29 is 4.79 Å². The van der Waals surface area contributed by atoms with E-state index in [0.717, 1.165) is 40.8 Å². The number of H-pyrrole nitrogens is 1. The zero-order valence-electron chi connectivity index (χ0n) is 19.9. The van der Waals surface area contributed by atoms with Gasteiger partial charge in [0.2, 0.25) is 5.95 Å². The highest BCUT2D eigenvalue weighted by Crippen LogP contribution is 2.20. The summed E-state index contributed by atoms with van der Waals surface area (Å²) < 4.78 is 0. The summed E-state index contributed by atoms with van der Waals surface area (Å²) in [5, 5.41) is 14.8. The molecule has 0 bridgehead atoms. The van der Waals surface area contributed by atoms with Gasteiger partial charge in [0.1, 0.15) is 5.84 Å². The first-order chi connectivity index (χ1) is 16.9. The van der Waals surface area contributed by atoms with Crippen LogP contribution < -0.4 is 16.4 Å². The smallest absolute Gasteiger partial charge is 0.251 e. The molecule has 4 aromatic rings. The lowest BCUT2D eigenvalue weighted by atomic mass is 10.1. The first-order valence-corrected chi connectivity index (χ1v) is 11.5. The van der Waals surface area contributed by atoms with Crippen molar-refractivity contribution in [1.29, 1.82) is 5.41 Å². The van der Waals surface area contributed by atoms with Crippen LogP contribution in [0.25, 0.3) is 22.2 Å². The summed E-state index contributed by atoms with van der Waals surface area (Å²) in [6.45, 7) is 2.14. The van der Waals surface area contributed by atoms with E-state index >= 15 is 0 Å². The Bertz CT molecular complexity index is 1330. The second-order valence-electron chi connectivity index (χ2n) is 8.57. The van der Waals surface area contributed by atoms with Gasteiger partial charge in [-0.2, -0.15) is 0 Å². The third-order valence-corrected chi connectivity index (χ3v) is 5.68. The van der Waals surface area contributed by atoms with Gasteiger partial charge in [-0.3, -0.25) is 10.2 Å². The van der Waals surface area contributed by atoms with E-state index in [0.29, 0.717) is 30.0 Å². The number of nitrogen functional groups attached to an aromatic ring is 1. The Morgan fingerprint density at radius 1 is 1.11 bits per heavy atom. The van der Waals surface area contributed by atoms with Gasteiger partial charge in [0.05, 0.1) is 5.69 Å². The second kappa shape index (κ2) is 10.8. The van der Waals surface area contributed by atoms with Gasteiger partial charge in [0, 0.05) is 59.6 Å². The molecule has 2 aromatic carbocycles. The molecule has 2 heterocycles. The largest absolute Gasteiger partial charge is 0.384 e. The van der Waals surface area contributed by atoms with Crippen LogP contribution in [0.3, 0.4) is 0 Å². The number of aromatic nitrogens is 3. The van der Waals surface area contributed by atoms with E-state index in [9.17, 15) is 4.79 Å². The molecule has 0 saturated heterocycles. The maximum absolute atomic E-state index is 12.6. The maximum Gasteiger partial charge on any atom is 0.251 e. The lowest BCUT2D eigenvalue weighted by molar-refractivity contribution is 0.0954. The number of nitrogens with two attached hydrogens (primary N) is 1. The van der Waals surface area contributed by atoms with Crippen molar-refractivity contribution in [2.75, 3.05) is 39.0 Å². The summed E-state index contributed by atoms with van der Waals surface area (Å²) in [6.07, 6.45) is 4.14. The first kappa shape index (κ1) is 23.9. The molecule has 0 spiro atoms. The van der Waals surface area contributed by atoms with E-state index in [1.165, 1.54) is 0 Å². The molecule has 4 rings (SSSR count). The fourth-order valence-corrected chi connectivity index (χ4v) is 3.76. The average molecular weight is 471 g/mol. The Morgan fingerprint density at radius 2 is 1.91 bits per heavy atom. The van der Waals surface area contributed by atoms with Gasteiger partial charge in [-0.05, 0) is 56.4 Å². The van der Waals surface area contributed by atoms with Crippen LogP contribution >= 0.6 is 0 Å². The molecule has 9 heteroatoms. The highest BCUT2D eigenvalue weighted by Gasteiger charge is 2.09. The number of anilines is 1.